The van der Waals surface area contributed by atoms with E-state index in [1.807, 2.05) is 54.6 Å². The number of carbonyl (C=O) groups is 2. The van der Waals surface area contributed by atoms with Gasteiger partial charge in [-0.2, -0.15) is 4.98 Å². The van der Waals surface area contributed by atoms with Crippen molar-refractivity contribution in [1.29, 1.82) is 0 Å². The number of benzene rings is 4. The van der Waals surface area contributed by atoms with E-state index in [1.54, 1.807) is 30.3 Å². The summed E-state index contributed by atoms with van der Waals surface area (Å²) in [6, 6.07) is 24.8. The Balaban J connectivity index is 1.30. The zero-order chi connectivity index (χ0) is 28.1. The minimum Gasteiger partial charge on any atom is -0.508 e. The highest BCUT2D eigenvalue weighted by molar-refractivity contribution is 6.08. The molecule has 5 aromatic rings. The van der Waals surface area contributed by atoms with Crippen molar-refractivity contribution in [1.82, 2.24) is 21.0 Å². The molecule has 1 heterocycles. The predicted octanol–water partition coefficient (Wildman–Crippen LogP) is 4.20. The van der Waals surface area contributed by atoms with E-state index in [0.29, 0.717) is 29.4 Å². The number of ether oxygens (including phenoxy) is 1. The van der Waals surface area contributed by atoms with Crippen LogP contribution in [-0.4, -0.2) is 27.1 Å². The maximum Gasteiger partial charge on any atom is 0.270 e. The smallest absolute Gasteiger partial charge is 0.270 e. The van der Waals surface area contributed by atoms with Gasteiger partial charge >= 0.3 is 0 Å². The summed E-state index contributed by atoms with van der Waals surface area (Å²) in [6.07, 6.45) is 0.479. The number of nitrogens with two attached hydrogens (primary N) is 1. The Morgan fingerprint density at radius 1 is 0.975 bits per heavy atom. The molecule has 0 saturated heterocycles. The zero-order valence-electron chi connectivity index (χ0n) is 21.6. The number of phenols is 1. The fourth-order valence-corrected chi connectivity index (χ4v) is 4.21. The van der Waals surface area contributed by atoms with E-state index >= 15 is 0 Å². The third-order valence-corrected chi connectivity index (χ3v) is 6.17. The minimum atomic E-state index is -0.498. The van der Waals surface area contributed by atoms with Gasteiger partial charge in [0.1, 0.15) is 18.1 Å². The molecule has 0 aliphatic rings. The first kappa shape index (κ1) is 26.4. The molecule has 10 heteroatoms. The molecule has 5 N–H and O–H groups in total. The van der Waals surface area contributed by atoms with Gasteiger partial charge in [0, 0.05) is 12.5 Å². The number of phenolic OH excluding ortho intramolecular Hbond substituents is 1. The second-order valence-corrected chi connectivity index (χ2v) is 9.25. The van der Waals surface area contributed by atoms with E-state index in [9.17, 15) is 14.7 Å². The molecule has 40 heavy (non-hydrogen) atoms. The van der Waals surface area contributed by atoms with Gasteiger partial charge in [0.05, 0.1) is 11.6 Å². The van der Waals surface area contributed by atoms with Crippen molar-refractivity contribution in [3.8, 4) is 22.9 Å². The molecule has 5 rings (SSSR count). The predicted molar refractivity (Wildman–Crippen MR) is 148 cm³/mol. The number of hydrogen-bond acceptors (Lipinski definition) is 8. The minimum absolute atomic E-state index is 0.190. The van der Waals surface area contributed by atoms with Crippen LogP contribution in [0.1, 0.15) is 40.3 Å². The largest absolute Gasteiger partial charge is 0.508 e. The number of hydrazine groups is 1. The molecule has 2 amide bonds. The van der Waals surface area contributed by atoms with Gasteiger partial charge in [-0.15, -0.1) is 0 Å². The van der Waals surface area contributed by atoms with Crippen LogP contribution >= 0.6 is 0 Å². The molecule has 1 aromatic heterocycles. The lowest BCUT2D eigenvalue weighted by atomic mass is 10.0. The summed E-state index contributed by atoms with van der Waals surface area (Å²) in [5.74, 6) is 0.578. The van der Waals surface area contributed by atoms with E-state index in [-0.39, 0.29) is 18.3 Å². The van der Waals surface area contributed by atoms with Gasteiger partial charge < -0.3 is 20.1 Å². The highest BCUT2D eigenvalue weighted by Gasteiger charge is 2.17. The van der Waals surface area contributed by atoms with Crippen molar-refractivity contribution < 1.29 is 24.0 Å². The number of nitrogens with one attached hydrogen (secondary N) is 2. The number of fused-ring (bicyclic) bond motifs is 1. The van der Waals surface area contributed by atoms with E-state index in [2.05, 4.69) is 21.0 Å². The Hall–Kier alpha value is -5.22. The Kier molecular flexibility index (Phi) is 7.70. The van der Waals surface area contributed by atoms with Crippen LogP contribution in [0.25, 0.3) is 22.2 Å². The summed E-state index contributed by atoms with van der Waals surface area (Å²) in [7, 11) is 0. The van der Waals surface area contributed by atoms with Gasteiger partial charge in [0.2, 0.25) is 17.6 Å². The fraction of sp³-hybridized carbons (Fsp3) is 0.133. The molecule has 202 valence electrons. The monoisotopic (exact) mass is 537 g/mol. The lowest BCUT2D eigenvalue weighted by molar-refractivity contribution is -0.119. The number of amides is 2. The normalized spacial score (nSPS) is 11.7. The number of nitrogens with zero attached hydrogens (tertiary/aromatic N) is 2. The molecular weight excluding hydrogens is 510 g/mol. The van der Waals surface area contributed by atoms with Crippen LogP contribution in [0.3, 0.4) is 0 Å². The van der Waals surface area contributed by atoms with E-state index in [4.69, 9.17) is 15.0 Å². The summed E-state index contributed by atoms with van der Waals surface area (Å²) >= 11 is 0. The summed E-state index contributed by atoms with van der Waals surface area (Å²) < 4.78 is 11.5. The fourth-order valence-electron chi connectivity index (χ4n) is 4.21. The first-order valence-electron chi connectivity index (χ1n) is 12.5. The van der Waals surface area contributed by atoms with Crippen LogP contribution in [0.2, 0.25) is 0 Å². The van der Waals surface area contributed by atoms with Crippen LogP contribution in [0.4, 0.5) is 0 Å². The number of hydrogen-bond donors (Lipinski definition) is 4. The lowest BCUT2D eigenvalue weighted by Crippen LogP contribution is -2.40. The van der Waals surface area contributed by atoms with Gasteiger partial charge in [-0.25, -0.2) is 0 Å². The van der Waals surface area contributed by atoms with Crippen LogP contribution in [0.5, 0.6) is 11.5 Å². The van der Waals surface area contributed by atoms with Crippen molar-refractivity contribution in [2.45, 2.75) is 26.0 Å². The molecule has 10 nitrogen and oxygen atoms in total. The standard InChI is InChI=1S/C30H27N5O5/c1-18(36)33-34-29(38)26-16-24(15-21-6-2-3-8-25(21)26)39-17-20-5-4-7-22(13-20)28-32-30(40-35-28)27(31)14-19-9-11-23(37)12-10-19/h2-13,15-16,27,37H,14,17,31H2,1H3,(H,33,36)(H,34,38). The Bertz CT molecular complexity index is 1670. The number of aromatic nitrogens is 2. The van der Waals surface area contributed by atoms with Gasteiger partial charge in [-0.1, -0.05) is 59.8 Å². The quantitative estimate of drug-likeness (QED) is 0.215. The van der Waals surface area contributed by atoms with Gasteiger partial charge in [0.15, 0.2) is 0 Å². The molecule has 1 atom stereocenters. The van der Waals surface area contributed by atoms with Crippen LogP contribution in [0.15, 0.2) is 89.5 Å². The third kappa shape index (κ3) is 6.25. The van der Waals surface area contributed by atoms with Crippen LogP contribution in [0, 0.1) is 0 Å². The Morgan fingerprint density at radius 2 is 1.77 bits per heavy atom. The first-order chi connectivity index (χ1) is 19.4. The molecule has 0 aliphatic heterocycles. The Morgan fingerprint density at radius 3 is 2.58 bits per heavy atom. The molecule has 0 saturated carbocycles. The summed E-state index contributed by atoms with van der Waals surface area (Å²) in [5.41, 5.74) is 13.9. The van der Waals surface area contributed by atoms with E-state index in [0.717, 1.165) is 27.5 Å². The molecular formula is C30H27N5O5. The zero-order valence-corrected chi connectivity index (χ0v) is 21.6. The van der Waals surface area contributed by atoms with Gasteiger partial charge in [-0.05, 0) is 58.7 Å². The lowest BCUT2D eigenvalue weighted by Gasteiger charge is -2.12. The number of rotatable bonds is 8. The molecule has 1 unspecified atom stereocenters. The maximum absolute atomic E-state index is 12.7. The molecule has 4 aromatic carbocycles. The third-order valence-electron chi connectivity index (χ3n) is 6.17. The van der Waals surface area contributed by atoms with E-state index < -0.39 is 11.9 Å². The molecule has 0 spiro atoms. The first-order valence-corrected chi connectivity index (χ1v) is 12.5. The second-order valence-electron chi connectivity index (χ2n) is 9.25. The highest BCUT2D eigenvalue weighted by atomic mass is 16.5. The average Bonchev–Trinajstić information content (AvgIpc) is 3.46. The van der Waals surface area contributed by atoms with E-state index in [1.165, 1.54) is 6.92 Å². The molecule has 0 aliphatic carbocycles. The van der Waals surface area contributed by atoms with Gasteiger partial charge in [0.25, 0.3) is 5.91 Å². The van der Waals surface area contributed by atoms with Crippen LogP contribution < -0.4 is 21.3 Å². The van der Waals surface area contributed by atoms with Crippen molar-refractivity contribution >= 4 is 22.6 Å². The van der Waals surface area contributed by atoms with Crippen molar-refractivity contribution in [3.63, 3.8) is 0 Å². The second kappa shape index (κ2) is 11.7. The van der Waals surface area contributed by atoms with Crippen molar-refractivity contribution in [3.05, 3.63) is 108 Å². The molecule has 0 radical (unpaired) electrons. The number of carbonyl (C=O) groups excluding carboxylic acids is 2. The summed E-state index contributed by atoms with van der Waals surface area (Å²) in [5, 5.41) is 15.1. The topological polar surface area (TPSA) is 153 Å². The SMILES string of the molecule is CC(=O)NNC(=O)c1cc(OCc2cccc(-c3noc(C(N)Cc4ccc(O)cc4)n3)c2)cc2ccccc12. The molecule has 0 fully saturated rings. The average molecular weight is 538 g/mol. The summed E-state index contributed by atoms with van der Waals surface area (Å²) in [6.45, 7) is 1.54. The van der Waals surface area contributed by atoms with Crippen LogP contribution in [-0.2, 0) is 17.8 Å². The highest BCUT2D eigenvalue weighted by Crippen LogP contribution is 2.27. The van der Waals surface area contributed by atoms with Crippen molar-refractivity contribution in [2.75, 3.05) is 0 Å². The Labute approximate surface area is 229 Å². The number of aromatic hydroxyl groups is 1. The van der Waals surface area contributed by atoms with Gasteiger partial charge in [-0.3, -0.25) is 20.4 Å². The maximum atomic E-state index is 12.7. The molecule has 0 bridgehead atoms. The summed E-state index contributed by atoms with van der Waals surface area (Å²) in [4.78, 5) is 28.5. The van der Waals surface area contributed by atoms with Crippen molar-refractivity contribution in [2.24, 2.45) is 5.73 Å².